The van der Waals surface area contributed by atoms with Gasteiger partial charge in [-0.25, -0.2) is 4.79 Å². The van der Waals surface area contributed by atoms with Crippen molar-refractivity contribution in [1.82, 2.24) is 9.55 Å². The molecule has 1 unspecified atom stereocenters. The first-order chi connectivity index (χ1) is 12.3. The van der Waals surface area contributed by atoms with E-state index in [4.69, 9.17) is 10.5 Å². The average Bonchev–Trinajstić information content (AvgIpc) is 2.57. The van der Waals surface area contributed by atoms with Crippen molar-refractivity contribution in [1.29, 1.82) is 0 Å². The van der Waals surface area contributed by atoms with E-state index in [0.717, 1.165) is 23.8 Å². The highest BCUT2D eigenvalue weighted by Gasteiger charge is 2.42. The number of fused-ring (bicyclic) bond motifs is 2. The molecular weight excluding hydrogens is 342 g/mol. The first-order valence-corrected chi connectivity index (χ1v) is 8.62. The Morgan fingerprint density at radius 2 is 1.81 bits per heavy atom. The van der Waals surface area contributed by atoms with Gasteiger partial charge in [0.2, 0.25) is 5.78 Å². The number of aromatic amines is 1. The van der Waals surface area contributed by atoms with Crippen LogP contribution in [-0.4, -0.2) is 33.7 Å². The standard InChI is InChI=1S/C17H21N3O6/c1-20-14(18)12(15(23)19-17(20)25)11(21)7-26-16(24)10-5-8-3-2-4-9(6-10)13(8)22/h8-10H,2-7,18H2,1H3,(H,19,23,25)/t8-,9+,10?. The lowest BCUT2D eigenvalue weighted by molar-refractivity contribution is -0.152. The fourth-order valence-electron chi connectivity index (χ4n) is 3.91. The Morgan fingerprint density at radius 1 is 1.19 bits per heavy atom. The maximum absolute atomic E-state index is 12.3. The molecule has 3 rings (SSSR count). The van der Waals surface area contributed by atoms with Crippen molar-refractivity contribution in [2.45, 2.75) is 32.1 Å². The maximum Gasteiger partial charge on any atom is 0.329 e. The van der Waals surface area contributed by atoms with Crippen LogP contribution in [0.15, 0.2) is 9.59 Å². The third-order valence-electron chi connectivity index (χ3n) is 5.38. The molecule has 1 aromatic heterocycles. The van der Waals surface area contributed by atoms with Crippen LogP contribution in [0.5, 0.6) is 0 Å². The molecule has 0 saturated heterocycles. The number of esters is 1. The Labute approximate surface area is 148 Å². The first-order valence-electron chi connectivity index (χ1n) is 8.62. The summed E-state index contributed by atoms with van der Waals surface area (Å²) < 4.78 is 6.02. The Balaban J connectivity index is 1.66. The quantitative estimate of drug-likeness (QED) is 0.556. The van der Waals surface area contributed by atoms with Gasteiger partial charge in [-0.15, -0.1) is 0 Å². The molecule has 0 amide bonds. The van der Waals surface area contributed by atoms with Crippen molar-refractivity contribution in [3.63, 3.8) is 0 Å². The average molecular weight is 363 g/mol. The number of ketones is 2. The van der Waals surface area contributed by atoms with Crippen LogP contribution in [0.25, 0.3) is 0 Å². The van der Waals surface area contributed by atoms with Gasteiger partial charge in [-0.1, -0.05) is 6.42 Å². The number of H-pyrrole nitrogens is 1. The van der Waals surface area contributed by atoms with E-state index in [9.17, 15) is 24.0 Å². The van der Waals surface area contributed by atoms with Gasteiger partial charge in [0.05, 0.1) is 5.92 Å². The number of nitrogens with one attached hydrogen (secondary N) is 1. The largest absolute Gasteiger partial charge is 0.457 e. The number of hydrogen-bond donors (Lipinski definition) is 2. The number of Topliss-reactive ketones (excluding diaryl/α,β-unsaturated/α-hetero) is 2. The highest BCUT2D eigenvalue weighted by Crippen LogP contribution is 2.40. The van der Waals surface area contributed by atoms with E-state index in [1.807, 2.05) is 4.98 Å². The van der Waals surface area contributed by atoms with Crippen LogP contribution in [0.4, 0.5) is 5.82 Å². The number of carbonyl (C=O) groups is 3. The molecule has 2 fully saturated rings. The molecule has 1 aromatic rings. The third-order valence-corrected chi connectivity index (χ3v) is 5.38. The molecule has 26 heavy (non-hydrogen) atoms. The zero-order chi connectivity index (χ0) is 19.0. The molecule has 0 spiro atoms. The Bertz CT molecular complexity index is 867. The fourth-order valence-corrected chi connectivity index (χ4v) is 3.91. The number of rotatable bonds is 4. The number of carbonyl (C=O) groups excluding carboxylic acids is 3. The van der Waals surface area contributed by atoms with E-state index in [-0.39, 0.29) is 23.4 Å². The molecule has 2 aliphatic carbocycles. The summed E-state index contributed by atoms with van der Waals surface area (Å²) in [5, 5.41) is 0. The van der Waals surface area contributed by atoms with Crippen molar-refractivity contribution in [3.05, 3.63) is 26.4 Å². The molecule has 0 aliphatic heterocycles. The molecule has 9 heteroatoms. The van der Waals surface area contributed by atoms with Gasteiger partial charge in [-0.3, -0.25) is 28.7 Å². The van der Waals surface area contributed by atoms with E-state index < -0.39 is 41.1 Å². The molecule has 2 bridgehead atoms. The van der Waals surface area contributed by atoms with Gasteiger partial charge in [-0.05, 0) is 25.7 Å². The van der Waals surface area contributed by atoms with Crippen LogP contribution < -0.4 is 17.0 Å². The van der Waals surface area contributed by atoms with Crippen LogP contribution >= 0.6 is 0 Å². The molecule has 2 aliphatic rings. The smallest absolute Gasteiger partial charge is 0.329 e. The van der Waals surface area contributed by atoms with Gasteiger partial charge in [-0.2, -0.15) is 0 Å². The SMILES string of the molecule is Cn1c(N)c(C(=O)COC(=O)C2C[C@H]3CCC[C@@H](C2)C3=O)c(=O)[nH]c1=O. The second-order valence-electron chi connectivity index (χ2n) is 7.00. The molecule has 3 atom stereocenters. The van der Waals surface area contributed by atoms with Gasteiger partial charge in [0, 0.05) is 18.9 Å². The summed E-state index contributed by atoms with van der Waals surface area (Å²) in [5.41, 5.74) is 3.60. The summed E-state index contributed by atoms with van der Waals surface area (Å²) in [5.74, 6) is -1.97. The minimum absolute atomic E-state index is 0.0992. The van der Waals surface area contributed by atoms with Crippen LogP contribution in [0, 0.1) is 17.8 Å². The maximum atomic E-state index is 12.3. The predicted octanol–water partition coefficient (Wildman–Crippen LogP) is -0.223. The van der Waals surface area contributed by atoms with E-state index in [0.29, 0.717) is 12.8 Å². The normalized spacial score (nSPS) is 25.0. The van der Waals surface area contributed by atoms with Crippen molar-refractivity contribution < 1.29 is 19.1 Å². The van der Waals surface area contributed by atoms with Crippen molar-refractivity contribution >= 4 is 23.4 Å². The van der Waals surface area contributed by atoms with Crippen LogP contribution in [0.1, 0.15) is 42.5 Å². The van der Waals surface area contributed by atoms with Gasteiger partial charge in [0.1, 0.15) is 17.2 Å². The first kappa shape index (κ1) is 18.1. The third kappa shape index (κ3) is 3.21. The summed E-state index contributed by atoms with van der Waals surface area (Å²) in [7, 11) is 1.31. The van der Waals surface area contributed by atoms with Gasteiger partial charge in [0.15, 0.2) is 6.61 Å². The van der Waals surface area contributed by atoms with Crippen molar-refractivity contribution in [3.8, 4) is 0 Å². The highest BCUT2D eigenvalue weighted by atomic mass is 16.5. The Kier molecular flexibility index (Phi) is 4.80. The minimum atomic E-state index is -0.913. The number of anilines is 1. The number of hydrogen-bond acceptors (Lipinski definition) is 7. The lowest BCUT2D eigenvalue weighted by Crippen LogP contribution is -2.40. The van der Waals surface area contributed by atoms with Crippen LogP contribution in [0.3, 0.4) is 0 Å². The number of nitrogens with zero attached hydrogens (tertiary/aromatic N) is 1. The summed E-state index contributed by atoms with van der Waals surface area (Å²) in [6, 6.07) is 0. The number of nitrogen functional groups attached to an aromatic ring is 1. The molecule has 1 heterocycles. The monoisotopic (exact) mass is 363 g/mol. The predicted molar refractivity (Wildman–Crippen MR) is 90.6 cm³/mol. The Morgan fingerprint density at radius 3 is 2.42 bits per heavy atom. The fraction of sp³-hybridized carbons (Fsp3) is 0.588. The summed E-state index contributed by atoms with van der Waals surface area (Å²) >= 11 is 0. The second-order valence-corrected chi connectivity index (χ2v) is 7.00. The lowest BCUT2D eigenvalue weighted by atomic mass is 9.67. The molecule has 9 nitrogen and oxygen atoms in total. The molecule has 3 N–H and O–H groups in total. The molecule has 0 radical (unpaired) electrons. The van der Waals surface area contributed by atoms with E-state index in [1.165, 1.54) is 7.05 Å². The Hall–Kier alpha value is -2.71. The van der Waals surface area contributed by atoms with Gasteiger partial charge in [0.25, 0.3) is 5.56 Å². The summed E-state index contributed by atoms with van der Waals surface area (Å²) in [4.78, 5) is 61.9. The molecular formula is C17H21N3O6. The zero-order valence-electron chi connectivity index (χ0n) is 14.4. The zero-order valence-corrected chi connectivity index (χ0v) is 14.4. The highest BCUT2D eigenvalue weighted by molar-refractivity contribution is 6.01. The molecule has 2 saturated carbocycles. The molecule has 0 aromatic carbocycles. The number of nitrogens with two attached hydrogens (primary N) is 1. The van der Waals surface area contributed by atoms with Crippen molar-refractivity contribution in [2.75, 3.05) is 12.3 Å². The lowest BCUT2D eigenvalue weighted by Gasteiger charge is -2.36. The van der Waals surface area contributed by atoms with Crippen LogP contribution in [-0.2, 0) is 21.4 Å². The van der Waals surface area contributed by atoms with Crippen molar-refractivity contribution in [2.24, 2.45) is 24.8 Å². The number of ether oxygens (including phenoxy) is 1. The summed E-state index contributed by atoms with van der Waals surface area (Å²) in [6.45, 7) is -0.635. The molecule has 140 valence electrons. The van der Waals surface area contributed by atoms with E-state index >= 15 is 0 Å². The minimum Gasteiger partial charge on any atom is -0.457 e. The topological polar surface area (TPSA) is 141 Å². The van der Waals surface area contributed by atoms with Gasteiger partial charge >= 0.3 is 11.7 Å². The van der Waals surface area contributed by atoms with Gasteiger partial charge < -0.3 is 10.5 Å². The second kappa shape index (κ2) is 6.89. The number of aromatic nitrogens is 2. The van der Waals surface area contributed by atoms with E-state index in [1.54, 1.807) is 0 Å². The van der Waals surface area contributed by atoms with Crippen LogP contribution in [0.2, 0.25) is 0 Å². The summed E-state index contributed by atoms with van der Waals surface area (Å²) in [6.07, 6.45) is 3.48. The van der Waals surface area contributed by atoms with E-state index in [2.05, 4.69) is 0 Å².